The number of nitrogens with zero attached hydrogens (tertiary/aromatic N) is 4. The van der Waals surface area contributed by atoms with Gasteiger partial charge in [0.25, 0.3) is 5.56 Å². The van der Waals surface area contributed by atoms with Gasteiger partial charge in [0.05, 0.1) is 34.1 Å². The highest BCUT2D eigenvalue weighted by Gasteiger charge is 2.52. The van der Waals surface area contributed by atoms with Crippen LogP contribution in [0, 0.1) is 19.8 Å². The van der Waals surface area contributed by atoms with Gasteiger partial charge in [-0.05, 0) is 69.7 Å². The van der Waals surface area contributed by atoms with Crippen molar-refractivity contribution in [2.45, 2.75) is 70.5 Å². The predicted molar refractivity (Wildman–Crippen MR) is 171 cm³/mol. The van der Waals surface area contributed by atoms with Gasteiger partial charge in [0.2, 0.25) is 0 Å². The third-order valence-electron chi connectivity index (χ3n) is 9.52. The summed E-state index contributed by atoms with van der Waals surface area (Å²) >= 11 is 7.69. The van der Waals surface area contributed by atoms with E-state index in [1.807, 2.05) is 13.0 Å². The Bertz CT molecular complexity index is 1940. The summed E-state index contributed by atoms with van der Waals surface area (Å²) in [6.07, 6.45) is -3.41. The number of aromatic nitrogens is 3. The molecule has 47 heavy (non-hydrogen) atoms. The topological polar surface area (TPSA) is 107 Å². The average molecular weight is 689 g/mol. The Hall–Kier alpha value is -3.52. The third-order valence-corrected chi connectivity index (χ3v) is 10.8. The highest BCUT2D eigenvalue weighted by molar-refractivity contribution is 7.18. The Kier molecular flexibility index (Phi) is 8.30. The van der Waals surface area contributed by atoms with Crippen molar-refractivity contribution in [3.05, 3.63) is 73.4 Å². The first-order valence-electron chi connectivity index (χ1n) is 15.5. The standard InChI is InChI=1S/C33H32ClF3N4O5S/c1-16-11-23(30-29(38-16)25(15-47-30)32(43)44)21-12-18(34)3-4-27(21)45-10-9-41-17(2)39-28-22-13-20(22)26(14-24(28)31(41)42)40-7-5-19(6-8-40)46-33(35,36)37/h3-4,11-12,15,19-20,22,26H,5-10,13-14H2,1-2H3,(H,43,44)/t20-,22+,26+/m0/s1. The third kappa shape index (κ3) is 6.26. The number of halogens is 4. The van der Waals surface area contributed by atoms with Crippen molar-refractivity contribution in [3.8, 4) is 16.9 Å². The van der Waals surface area contributed by atoms with Gasteiger partial charge in [-0.25, -0.2) is 9.78 Å². The number of hydrogen-bond acceptors (Lipinski definition) is 8. The normalized spacial score (nSPS) is 21.4. The lowest BCUT2D eigenvalue weighted by Crippen LogP contribution is -2.48. The number of likely N-dealkylation sites (tertiary alicyclic amines) is 1. The molecule has 3 aromatic heterocycles. The Labute approximate surface area is 276 Å². The van der Waals surface area contributed by atoms with Crippen LogP contribution in [0.1, 0.15) is 58.3 Å². The van der Waals surface area contributed by atoms with E-state index in [1.165, 1.54) is 11.3 Å². The smallest absolute Gasteiger partial charge is 0.491 e. The first-order chi connectivity index (χ1) is 22.4. The molecule has 0 radical (unpaired) electrons. The van der Waals surface area contributed by atoms with Crippen LogP contribution in [0.25, 0.3) is 21.3 Å². The molecule has 0 spiro atoms. The fraction of sp³-hybridized carbons (Fsp3) is 0.455. The molecule has 1 aliphatic heterocycles. The number of aromatic carboxylic acids is 1. The summed E-state index contributed by atoms with van der Waals surface area (Å²) in [6.45, 7) is 5.03. The largest absolute Gasteiger partial charge is 0.522 e. The summed E-state index contributed by atoms with van der Waals surface area (Å²) in [4.78, 5) is 37.2. The molecule has 3 atom stereocenters. The van der Waals surface area contributed by atoms with Gasteiger partial charge in [0.1, 0.15) is 18.2 Å². The molecule has 1 saturated carbocycles. The van der Waals surface area contributed by atoms with Crippen molar-refractivity contribution in [2.24, 2.45) is 5.92 Å². The molecule has 3 aliphatic rings. The lowest BCUT2D eigenvalue weighted by molar-refractivity contribution is -0.346. The summed E-state index contributed by atoms with van der Waals surface area (Å²) in [6, 6.07) is 7.21. The van der Waals surface area contributed by atoms with Gasteiger partial charge in [-0.1, -0.05) is 11.6 Å². The Balaban J connectivity index is 1.10. The van der Waals surface area contributed by atoms with Crippen LogP contribution in [-0.2, 0) is 17.7 Å². The maximum atomic E-state index is 13.9. The van der Waals surface area contributed by atoms with Crippen molar-refractivity contribution >= 4 is 39.1 Å². The molecular weight excluding hydrogens is 657 g/mol. The van der Waals surface area contributed by atoms with E-state index in [4.69, 9.17) is 21.3 Å². The van der Waals surface area contributed by atoms with Crippen molar-refractivity contribution < 1.29 is 32.5 Å². The van der Waals surface area contributed by atoms with Crippen LogP contribution in [-0.4, -0.2) is 68.7 Å². The SMILES string of the molecule is Cc1cc(-c2cc(Cl)ccc2OCCn2c(C)nc3c(c2=O)C[C@@H](N2CCC(OC(F)(F)F)CC2)[C@H]2C[C@@H]32)c2scc(C(=O)O)c2n1. The molecule has 2 aliphatic carbocycles. The fourth-order valence-electron chi connectivity index (χ4n) is 7.29. The van der Waals surface area contributed by atoms with E-state index >= 15 is 0 Å². The second-order valence-electron chi connectivity index (χ2n) is 12.5. The van der Waals surface area contributed by atoms with E-state index in [-0.39, 0.29) is 36.2 Å². The minimum Gasteiger partial charge on any atom is -0.491 e. The minimum atomic E-state index is -4.63. The number of aryl methyl sites for hydroxylation is 2. The molecule has 1 N–H and O–H groups in total. The number of rotatable bonds is 8. The molecule has 1 saturated heterocycles. The van der Waals surface area contributed by atoms with Crippen LogP contribution in [0.5, 0.6) is 5.75 Å². The van der Waals surface area contributed by atoms with Gasteiger partial charge in [0, 0.05) is 57.8 Å². The van der Waals surface area contributed by atoms with Gasteiger partial charge >= 0.3 is 12.3 Å². The van der Waals surface area contributed by atoms with E-state index < -0.39 is 18.4 Å². The number of carboxylic acid groups (broad SMARTS) is 1. The molecule has 4 aromatic rings. The van der Waals surface area contributed by atoms with Crippen LogP contribution in [0.3, 0.4) is 0 Å². The Morgan fingerprint density at radius 3 is 2.64 bits per heavy atom. The van der Waals surface area contributed by atoms with Gasteiger partial charge in [0.15, 0.2) is 0 Å². The first-order valence-corrected chi connectivity index (χ1v) is 16.8. The first kappa shape index (κ1) is 32.0. The van der Waals surface area contributed by atoms with E-state index in [2.05, 4.69) is 14.6 Å². The van der Waals surface area contributed by atoms with Crippen LogP contribution in [0.15, 0.2) is 34.4 Å². The maximum Gasteiger partial charge on any atom is 0.522 e. The number of thiophene rings is 1. The van der Waals surface area contributed by atoms with Gasteiger partial charge in [-0.15, -0.1) is 24.5 Å². The van der Waals surface area contributed by atoms with Crippen LogP contribution in [0.4, 0.5) is 13.2 Å². The monoisotopic (exact) mass is 688 g/mol. The number of carbonyl (C=O) groups is 1. The van der Waals surface area contributed by atoms with E-state index in [0.717, 1.165) is 17.7 Å². The number of benzene rings is 1. The second kappa shape index (κ2) is 12.2. The van der Waals surface area contributed by atoms with E-state index in [0.29, 0.717) is 81.9 Å². The summed E-state index contributed by atoms with van der Waals surface area (Å²) in [7, 11) is 0. The molecule has 14 heteroatoms. The molecule has 7 rings (SSSR count). The van der Waals surface area contributed by atoms with Crippen LogP contribution in [0.2, 0.25) is 5.02 Å². The summed E-state index contributed by atoms with van der Waals surface area (Å²) in [5, 5.41) is 11.7. The number of alkyl halides is 3. The fourth-order valence-corrected chi connectivity index (χ4v) is 8.47. The van der Waals surface area contributed by atoms with E-state index in [1.54, 1.807) is 35.1 Å². The quantitative estimate of drug-likeness (QED) is 0.221. The molecule has 4 heterocycles. The van der Waals surface area contributed by atoms with Crippen molar-refractivity contribution in [1.29, 1.82) is 0 Å². The molecule has 1 aromatic carbocycles. The van der Waals surface area contributed by atoms with Crippen molar-refractivity contribution in [3.63, 3.8) is 0 Å². The lowest BCUT2D eigenvalue weighted by Gasteiger charge is -2.39. The molecule has 0 amide bonds. The average Bonchev–Trinajstić information content (AvgIpc) is 3.70. The zero-order chi connectivity index (χ0) is 33.2. The number of ether oxygens (including phenoxy) is 2. The maximum absolute atomic E-state index is 13.9. The number of carboxylic acids is 1. The molecular formula is C33H32ClF3N4O5S. The van der Waals surface area contributed by atoms with Crippen molar-refractivity contribution in [1.82, 2.24) is 19.4 Å². The number of fused-ring (bicyclic) bond motifs is 4. The van der Waals surface area contributed by atoms with Gasteiger partial charge in [-0.3, -0.25) is 24.0 Å². The van der Waals surface area contributed by atoms with Gasteiger partial charge < -0.3 is 9.84 Å². The summed E-state index contributed by atoms with van der Waals surface area (Å²) in [5.41, 5.74) is 4.06. The molecule has 2 fully saturated rings. The van der Waals surface area contributed by atoms with Crippen LogP contribution < -0.4 is 10.3 Å². The predicted octanol–water partition coefficient (Wildman–Crippen LogP) is 6.60. The Morgan fingerprint density at radius 2 is 1.91 bits per heavy atom. The molecule has 0 unspecified atom stereocenters. The number of piperidine rings is 1. The zero-order valence-corrected chi connectivity index (χ0v) is 27.2. The molecule has 248 valence electrons. The number of hydrogen-bond donors (Lipinski definition) is 1. The second-order valence-corrected chi connectivity index (χ2v) is 13.8. The molecule has 0 bridgehead atoms. The summed E-state index contributed by atoms with van der Waals surface area (Å²) < 4.78 is 51.0. The van der Waals surface area contributed by atoms with Crippen molar-refractivity contribution in [2.75, 3.05) is 19.7 Å². The van der Waals surface area contributed by atoms with Gasteiger partial charge in [-0.2, -0.15) is 0 Å². The minimum absolute atomic E-state index is 0.0948. The summed E-state index contributed by atoms with van der Waals surface area (Å²) in [5.74, 6) is 0.637. The number of pyridine rings is 1. The lowest BCUT2D eigenvalue weighted by atomic mass is 9.90. The zero-order valence-electron chi connectivity index (χ0n) is 25.6. The molecule has 9 nitrogen and oxygen atoms in total. The highest BCUT2D eigenvalue weighted by Crippen LogP contribution is 2.55. The highest BCUT2D eigenvalue weighted by atomic mass is 35.5. The van der Waals surface area contributed by atoms with E-state index in [9.17, 15) is 27.9 Å². The Morgan fingerprint density at radius 1 is 1.15 bits per heavy atom. The van der Waals surface area contributed by atoms with Crippen LogP contribution >= 0.6 is 22.9 Å².